The molecule has 1 atom stereocenters. The average Bonchev–Trinajstić information content (AvgIpc) is 2.25. The standard InChI is InChI=1S/C11H12N2O2/c1-13-10(11(14)15)6-8-3-2-4-9(5-8)7-12/h2-5,10,13H,6H2,1H3,(H,14,15)/t10-/m0/s1. The van der Waals surface area contributed by atoms with Crippen molar-refractivity contribution in [2.24, 2.45) is 0 Å². The lowest BCUT2D eigenvalue weighted by Gasteiger charge is -2.10. The molecular weight excluding hydrogens is 192 g/mol. The number of hydrogen-bond donors (Lipinski definition) is 2. The first-order valence-electron chi connectivity index (χ1n) is 4.56. The van der Waals surface area contributed by atoms with E-state index in [2.05, 4.69) is 5.32 Å². The zero-order valence-corrected chi connectivity index (χ0v) is 8.40. The molecule has 0 fully saturated rings. The average molecular weight is 204 g/mol. The summed E-state index contributed by atoms with van der Waals surface area (Å²) >= 11 is 0. The van der Waals surface area contributed by atoms with Gasteiger partial charge in [0.15, 0.2) is 0 Å². The molecule has 0 heterocycles. The van der Waals surface area contributed by atoms with Crippen LogP contribution in [0.2, 0.25) is 0 Å². The molecule has 0 spiro atoms. The number of rotatable bonds is 4. The summed E-state index contributed by atoms with van der Waals surface area (Å²) in [5.74, 6) is -0.889. The van der Waals surface area contributed by atoms with E-state index in [9.17, 15) is 4.79 Å². The van der Waals surface area contributed by atoms with Gasteiger partial charge in [-0.2, -0.15) is 5.26 Å². The van der Waals surface area contributed by atoms with Gasteiger partial charge >= 0.3 is 5.97 Å². The molecule has 4 nitrogen and oxygen atoms in total. The van der Waals surface area contributed by atoms with E-state index in [-0.39, 0.29) is 0 Å². The van der Waals surface area contributed by atoms with E-state index in [0.717, 1.165) is 5.56 Å². The summed E-state index contributed by atoms with van der Waals surface area (Å²) in [5, 5.41) is 20.2. The molecule has 2 N–H and O–H groups in total. The van der Waals surface area contributed by atoms with Crippen LogP contribution < -0.4 is 5.32 Å². The summed E-state index contributed by atoms with van der Waals surface area (Å²) in [7, 11) is 1.60. The Labute approximate surface area is 88.2 Å². The van der Waals surface area contributed by atoms with Gasteiger partial charge in [0.25, 0.3) is 0 Å². The van der Waals surface area contributed by atoms with Crippen molar-refractivity contribution in [3.05, 3.63) is 35.4 Å². The van der Waals surface area contributed by atoms with Crippen molar-refractivity contribution < 1.29 is 9.90 Å². The number of carboxylic acids is 1. The van der Waals surface area contributed by atoms with Gasteiger partial charge in [-0.3, -0.25) is 4.79 Å². The molecule has 0 aliphatic rings. The van der Waals surface area contributed by atoms with Gasteiger partial charge in [-0.05, 0) is 31.2 Å². The lowest BCUT2D eigenvalue weighted by atomic mass is 10.0. The summed E-state index contributed by atoms with van der Waals surface area (Å²) in [4.78, 5) is 10.8. The largest absolute Gasteiger partial charge is 0.480 e. The lowest BCUT2D eigenvalue weighted by Crippen LogP contribution is -2.35. The molecule has 78 valence electrons. The molecule has 4 heteroatoms. The first kappa shape index (κ1) is 11.2. The van der Waals surface area contributed by atoms with E-state index in [1.807, 2.05) is 12.1 Å². The molecule has 0 aromatic heterocycles. The Hall–Kier alpha value is -1.86. The highest BCUT2D eigenvalue weighted by Gasteiger charge is 2.15. The summed E-state index contributed by atoms with van der Waals surface area (Å²) in [6.45, 7) is 0. The monoisotopic (exact) mass is 204 g/mol. The predicted octanol–water partition coefficient (Wildman–Crippen LogP) is 0.773. The second kappa shape index (κ2) is 5.13. The van der Waals surface area contributed by atoms with E-state index < -0.39 is 12.0 Å². The third kappa shape index (κ3) is 3.08. The number of benzene rings is 1. The van der Waals surface area contributed by atoms with Crippen LogP contribution in [0.4, 0.5) is 0 Å². The number of nitrogens with one attached hydrogen (secondary N) is 1. The van der Waals surface area contributed by atoms with Crippen molar-refractivity contribution in [3.63, 3.8) is 0 Å². The Kier molecular flexibility index (Phi) is 3.83. The first-order chi connectivity index (χ1) is 7.17. The lowest BCUT2D eigenvalue weighted by molar-refractivity contribution is -0.139. The van der Waals surface area contributed by atoms with Gasteiger partial charge in [-0.15, -0.1) is 0 Å². The van der Waals surface area contributed by atoms with Gasteiger partial charge in [-0.1, -0.05) is 12.1 Å². The number of carbonyl (C=O) groups is 1. The molecule has 0 bridgehead atoms. The molecule has 0 radical (unpaired) electrons. The second-order valence-electron chi connectivity index (χ2n) is 3.20. The van der Waals surface area contributed by atoms with Crippen LogP contribution in [0.15, 0.2) is 24.3 Å². The first-order valence-corrected chi connectivity index (χ1v) is 4.56. The van der Waals surface area contributed by atoms with Crippen LogP contribution in [-0.2, 0) is 11.2 Å². The third-order valence-corrected chi connectivity index (χ3v) is 2.14. The molecule has 0 aliphatic carbocycles. The van der Waals surface area contributed by atoms with Gasteiger partial charge in [-0.25, -0.2) is 0 Å². The van der Waals surface area contributed by atoms with Crippen molar-refractivity contribution in [3.8, 4) is 6.07 Å². The number of hydrogen-bond acceptors (Lipinski definition) is 3. The maximum Gasteiger partial charge on any atom is 0.321 e. The van der Waals surface area contributed by atoms with Crippen LogP contribution in [0.1, 0.15) is 11.1 Å². The minimum absolute atomic E-state index is 0.376. The van der Waals surface area contributed by atoms with E-state index in [1.54, 1.807) is 25.2 Å². The van der Waals surface area contributed by atoms with E-state index in [0.29, 0.717) is 12.0 Å². The predicted molar refractivity (Wildman–Crippen MR) is 55.3 cm³/mol. The summed E-state index contributed by atoms with van der Waals surface area (Å²) in [6.07, 6.45) is 0.376. The minimum atomic E-state index is -0.889. The molecule has 0 unspecified atom stereocenters. The number of likely N-dealkylation sites (N-methyl/N-ethyl adjacent to an activating group) is 1. The summed E-state index contributed by atoms with van der Waals surface area (Å²) < 4.78 is 0. The Morgan fingerprint density at radius 1 is 1.67 bits per heavy atom. The maximum absolute atomic E-state index is 10.8. The molecule has 0 saturated carbocycles. The zero-order valence-electron chi connectivity index (χ0n) is 8.40. The highest BCUT2D eigenvalue weighted by atomic mass is 16.4. The Balaban J connectivity index is 2.80. The van der Waals surface area contributed by atoms with E-state index in [1.165, 1.54) is 0 Å². The number of aliphatic carboxylic acids is 1. The molecule has 15 heavy (non-hydrogen) atoms. The van der Waals surface area contributed by atoms with Crippen molar-refractivity contribution in [2.75, 3.05) is 7.05 Å². The fourth-order valence-corrected chi connectivity index (χ4v) is 1.32. The van der Waals surface area contributed by atoms with Gasteiger partial charge in [0.2, 0.25) is 0 Å². The maximum atomic E-state index is 10.8. The van der Waals surface area contributed by atoms with Crippen LogP contribution in [-0.4, -0.2) is 24.2 Å². The highest BCUT2D eigenvalue weighted by Crippen LogP contribution is 2.07. The van der Waals surface area contributed by atoms with E-state index in [4.69, 9.17) is 10.4 Å². The van der Waals surface area contributed by atoms with Crippen molar-refractivity contribution in [1.82, 2.24) is 5.32 Å². The summed E-state index contributed by atoms with van der Waals surface area (Å²) in [5.41, 5.74) is 1.39. The topological polar surface area (TPSA) is 73.1 Å². The van der Waals surface area contributed by atoms with Crippen molar-refractivity contribution in [2.45, 2.75) is 12.5 Å². The Morgan fingerprint density at radius 3 is 2.93 bits per heavy atom. The molecular formula is C11H12N2O2. The molecule has 1 aromatic carbocycles. The molecule has 1 aromatic rings. The number of nitriles is 1. The van der Waals surface area contributed by atoms with Crippen molar-refractivity contribution >= 4 is 5.97 Å². The van der Waals surface area contributed by atoms with Gasteiger partial charge < -0.3 is 10.4 Å². The van der Waals surface area contributed by atoms with Crippen LogP contribution in [0.3, 0.4) is 0 Å². The fraction of sp³-hybridized carbons (Fsp3) is 0.273. The molecule has 0 amide bonds. The zero-order chi connectivity index (χ0) is 11.3. The SMILES string of the molecule is CN[C@@H](Cc1cccc(C#N)c1)C(=O)O. The molecule has 0 saturated heterocycles. The Morgan fingerprint density at radius 2 is 2.40 bits per heavy atom. The summed E-state index contributed by atoms with van der Waals surface area (Å²) in [6, 6.07) is 8.37. The van der Waals surface area contributed by atoms with Crippen molar-refractivity contribution in [1.29, 1.82) is 5.26 Å². The fourth-order valence-electron chi connectivity index (χ4n) is 1.32. The molecule has 0 aliphatic heterocycles. The van der Waals surface area contributed by atoms with E-state index >= 15 is 0 Å². The van der Waals surface area contributed by atoms with Crippen LogP contribution in [0, 0.1) is 11.3 Å². The van der Waals surface area contributed by atoms with Crippen LogP contribution in [0.5, 0.6) is 0 Å². The van der Waals surface area contributed by atoms with Crippen LogP contribution in [0.25, 0.3) is 0 Å². The minimum Gasteiger partial charge on any atom is -0.480 e. The molecule has 1 rings (SSSR count). The number of nitrogens with zero attached hydrogens (tertiary/aromatic N) is 1. The second-order valence-corrected chi connectivity index (χ2v) is 3.20. The normalized spacial score (nSPS) is 11.7. The van der Waals surface area contributed by atoms with Crippen LogP contribution >= 0.6 is 0 Å². The Bertz CT molecular complexity index is 396. The third-order valence-electron chi connectivity index (χ3n) is 2.14. The quantitative estimate of drug-likeness (QED) is 0.759. The smallest absolute Gasteiger partial charge is 0.321 e. The van der Waals surface area contributed by atoms with Gasteiger partial charge in [0.1, 0.15) is 6.04 Å². The highest BCUT2D eigenvalue weighted by molar-refractivity contribution is 5.73. The van der Waals surface area contributed by atoms with Gasteiger partial charge in [0.05, 0.1) is 11.6 Å². The van der Waals surface area contributed by atoms with Gasteiger partial charge in [0, 0.05) is 0 Å². The number of carboxylic acid groups (broad SMARTS) is 1.